The van der Waals surface area contributed by atoms with Crippen LogP contribution in [-0.2, 0) is 9.58 Å². The van der Waals surface area contributed by atoms with E-state index in [1.54, 1.807) is 14.0 Å². The van der Waals surface area contributed by atoms with Crippen LogP contribution in [0.3, 0.4) is 0 Å². The molecule has 13 heteroatoms. The number of nitrogens with zero attached hydrogens (tertiary/aromatic N) is 7. The lowest BCUT2D eigenvalue weighted by Gasteiger charge is -2.25. The molecule has 0 radical (unpaired) electrons. The summed E-state index contributed by atoms with van der Waals surface area (Å²) in [6, 6.07) is 64.0. The van der Waals surface area contributed by atoms with Crippen LogP contribution in [0.5, 0.6) is 5.75 Å². The molecule has 10 rings (SSSR count). The summed E-state index contributed by atoms with van der Waals surface area (Å²) in [7, 11) is 1.60. The first-order valence-electron chi connectivity index (χ1n) is 21.1. The highest BCUT2D eigenvalue weighted by Gasteiger charge is 2.57. The SMILES string of the molecule is C.COc1ccc(-c2nc(C)nc(C(Cl)(Cl)Cl)n2)cc1.Clc1cccc(C2([N+]3=C(c4ccccc4)C(c4ccccc4)=NC3c3ccccc3Cl)N=C(c3ccccc3)C(c3ccccc3)=N2)c1. The summed E-state index contributed by atoms with van der Waals surface area (Å²) in [5, 5.41) is 1.20. The maximum Gasteiger partial charge on any atom is 0.387 e. The van der Waals surface area contributed by atoms with Gasteiger partial charge in [-0.25, -0.2) is 19.9 Å². The summed E-state index contributed by atoms with van der Waals surface area (Å²) >= 11 is 31.2. The molecule has 1 atom stereocenters. The van der Waals surface area contributed by atoms with Gasteiger partial charge in [0, 0.05) is 32.8 Å². The van der Waals surface area contributed by atoms with Crippen molar-refractivity contribution in [3.05, 3.63) is 249 Å². The summed E-state index contributed by atoms with van der Waals surface area (Å²) < 4.78 is 5.65. The van der Waals surface area contributed by atoms with Crippen LogP contribution in [0.1, 0.15) is 58.6 Å². The Morgan fingerprint density at radius 2 is 1.06 bits per heavy atom. The second-order valence-corrected chi connectivity index (χ2v) is 18.5. The minimum absolute atomic E-state index is 0. The lowest BCUT2D eigenvalue weighted by atomic mass is 9.98. The Morgan fingerprint density at radius 1 is 0.544 bits per heavy atom. The maximum absolute atomic E-state index is 7.03. The highest BCUT2D eigenvalue weighted by Crippen LogP contribution is 2.45. The fraction of sp³-hybridized carbons (Fsp3) is 0.109. The van der Waals surface area contributed by atoms with E-state index in [1.807, 2.05) is 146 Å². The number of ether oxygens (including phenoxy) is 1. The lowest BCUT2D eigenvalue weighted by Crippen LogP contribution is -2.40. The van der Waals surface area contributed by atoms with Crippen LogP contribution in [-0.4, -0.2) is 49.5 Å². The smallest absolute Gasteiger partial charge is 0.387 e. The topological polar surface area (TPSA) is 88.0 Å². The van der Waals surface area contributed by atoms with E-state index in [0.29, 0.717) is 21.7 Å². The third-order valence-corrected chi connectivity index (χ3v) is 12.1. The fourth-order valence-corrected chi connectivity index (χ4v) is 8.64. The summed E-state index contributed by atoms with van der Waals surface area (Å²) in [6.07, 6.45) is -0.581. The maximum atomic E-state index is 7.03. The van der Waals surface area contributed by atoms with Crippen molar-refractivity contribution in [1.82, 2.24) is 15.0 Å². The molecule has 1 unspecified atom stereocenters. The molecule has 338 valence electrons. The molecule has 0 fully saturated rings. The minimum atomic E-state index is -1.67. The molecule has 0 saturated heterocycles. The summed E-state index contributed by atoms with van der Waals surface area (Å²) in [5.74, 6) is 0.474. The van der Waals surface area contributed by atoms with Crippen LogP contribution in [0.25, 0.3) is 11.4 Å². The van der Waals surface area contributed by atoms with Gasteiger partial charge in [-0.2, -0.15) is 9.98 Å². The van der Waals surface area contributed by atoms with E-state index in [9.17, 15) is 0 Å². The average molecular weight is 995 g/mol. The van der Waals surface area contributed by atoms with Crippen molar-refractivity contribution >= 4 is 80.9 Å². The van der Waals surface area contributed by atoms with Gasteiger partial charge in [-0.05, 0) is 73.7 Å². The molecule has 0 spiro atoms. The van der Waals surface area contributed by atoms with Crippen LogP contribution in [0.4, 0.5) is 0 Å². The van der Waals surface area contributed by atoms with Crippen molar-refractivity contribution in [3.63, 3.8) is 0 Å². The Kier molecular flexibility index (Phi) is 14.7. The van der Waals surface area contributed by atoms with E-state index in [2.05, 4.69) is 68.1 Å². The Hall–Kier alpha value is -6.52. The molecule has 1 aromatic heterocycles. The molecular weight excluding hydrogens is 952 g/mol. The van der Waals surface area contributed by atoms with Gasteiger partial charge in [0.2, 0.25) is 9.50 Å². The average Bonchev–Trinajstić information content (AvgIpc) is 3.97. The molecule has 68 heavy (non-hydrogen) atoms. The molecule has 0 bridgehead atoms. The molecule has 0 aliphatic carbocycles. The second kappa shape index (κ2) is 20.8. The number of aliphatic imine (C=N–C) groups is 3. The number of hydrogen-bond donors (Lipinski definition) is 0. The molecule has 3 heterocycles. The molecule has 7 aromatic carbocycles. The zero-order valence-electron chi connectivity index (χ0n) is 36.0. The van der Waals surface area contributed by atoms with Crippen LogP contribution in [0, 0.1) is 6.92 Å². The Balaban J connectivity index is 0.000000263. The molecular formula is C55H43Cl5N7O+. The highest BCUT2D eigenvalue weighted by atomic mass is 35.6. The van der Waals surface area contributed by atoms with Crippen LogP contribution < -0.4 is 4.74 Å². The molecule has 0 saturated carbocycles. The third-order valence-electron chi connectivity index (χ3n) is 11.0. The van der Waals surface area contributed by atoms with Gasteiger partial charge in [0.25, 0.3) is 6.17 Å². The number of methoxy groups -OCH3 is 1. The van der Waals surface area contributed by atoms with E-state index in [1.165, 1.54) is 0 Å². The number of hydrogen-bond acceptors (Lipinski definition) is 7. The van der Waals surface area contributed by atoms with Gasteiger partial charge >= 0.3 is 5.79 Å². The van der Waals surface area contributed by atoms with Gasteiger partial charge in [-0.15, -0.1) is 4.58 Å². The molecule has 2 aliphatic rings. The summed E-state index contributed by atoms with van der Waals surface area (Å²) in [4.78, 5) is 29.3. The normalized spacial score (nSPS) is 15.0. The second-order valence-electron chi connectivity index (χ2n) is 15.4. The van der Waals surface area contributed by atoms with Crippen molar-refractivity contribution in [2.24, 2.45) is 15.0 Å². The fourth-order valence-electron chi connectivity index (χ4n) is 7.96. The van der Waals surface area contributed by atoms with Gasteiger partial charge in [0.15, 0.2) is 11.6 Å². The zero-order valence-corrected chi connectivity index (χ0v) is 39.8. The number of halogens is 5. The lowest BCUT2D eigenvalue weighted by molar-refractivity contribution is -0.646. The van der Waals surface area contributed by atoms with Gasteiger partial charge < -0.3 is 4.74 Å². The molecule has 0 N–H and O–H groups in total. The first-order chi connectivity index (χ1) is 32.5. The minimum Gasteiger partial charge on any atom is -0.497 e. The number of alkyl halides is 3. The van der Waals surface area contributed by atoms with Crippen LogP contribution in [0.2, 0.25) is 10.0 Å². The van der Waals surface area contributed by atoms with E-state index in [0.717, 1.165) is 67.5 Å². The molecule has 8 nitrogen and oxygen atoms in total. The first kappa shape index (κ1) is 48.0. The van der Waals surface area contributed by atoms with Gasteiger partial charge in [0.05, 0.1) is 23.3 Å². The zero-order chi connectivity index (χ0) is 46.5. The largest absolute Gasteiger partial charge is 0.497 e. The van der Waals surface area contributed by atoms with E-state index in [-0.39, 0.29) is 13.3 Å². The van der Waals surface area contributed by atoms with Crippen molar-refractivity contribution < 1.29 is 9.31 Å². The van der Waals surface area contributed by atoms with Crippen molar-refractivity contribution in [2.75, 3.05) is 7.11 Å². The summed E-state index contributed by atoms with van der Waals surface area (Å²) in [5.41, 5.74) is 9.61. The monoisotopic (exact) mass is 992 g/mol. The van der Waals surface area contributed by atoms with Crippen molar-refractivity contribution in [2.45, 2.75) is 30.1 Å². The van der Waals surface area contributed by atoms with E-state index in [4.69, 9.17) is 77.7 Å². The van der Waals surface area contributed by atoms with E-state index >= 15 is 0 Å². The number of aryl methyl sites for hydroxylation is 1. The number of rotatable bonds is 9. The molecule has 0 amide bonds. The third kappa shape index (κ3) is 10.0. The quantitative estimate of drug-likeness (QED) is 0.106. The number of benzene rings is 7. The van der Waals surface area contributed by atoms with Gasteiger partial charge in [0.1, 0.15) is 28.7 Å². The van der Waals surface area contributed by atoms with Gasteiger partial charge in [-0.3, -0.25) is 0 Å². The van der Waals surface area contributed by atoms with Crippen molar-refractivity contribution in [3.8, 4) is 17.1 Å². The van der Waals surface area contributed by atoms with Crippen LogP contribution >= 0.6 is 58.0 Å². The Bertz CT molecular complexity index is 3120. The molecule has 2 aliphatic heterocycles. The van der Waals surface area contributed by atoms with Crippen molar-refractivity contribution in [1.29, 1.82) is 0 Å². The standard InChI is InChI=1S/C42H29Cl2N4.C12H10Cl3N3O.CH4/c43-34-25-15-24-33(28-34)42(46-37(29-16-5-1-6-17-29)38(47-42)30-18-7-2-8-19-30)48-40(32-22-11-4-12-23-32)39(31-20-9-3-10-21-31)45-41(48)35-26-13-14-27-36(35)44;1-7-16-10(18-11(17-7)12(13,14)15)8-3-5-9(19-2)6-4-8;/h1-28,41H;3-6H,1-2H3;1H4/q+1;;. The Labute approximate surface area is 421 Å². The van der Waals surface area contributed by atoms with Gasteiger partial charge in [-0.1, -0.05) is 193 Å². The predicted octanol–water partition coefficient (Wildman–Crippen LogP) is 14.1. The highest BCUT2D eigenvalue weighted by molar-refractivity contribution is 6.66. The van der Waals surface area contributed by atoms with E-state index < -0.39 is 15.7 Å². The number of aromatic nitrogens is 3. The Morgan fingerprint density at radius 3 is 1.57 bits per heavy atom. The van der Waals surface area contributed by atoms with Crippen LogP contribution in [0.15, 0.2) is 209 Å². The predicted molar refractivity (Wildman–Crippen MR) is 280 cm³/mol. The summed E-state index contributed by atoms with van der Waals surface area (Å²) in [6.45, 7) is 1.72. The first-order valence-corrected chi connectivity index (χ1v) is 23.0. The molecule has 8 aromatic rings.